The highest BCUT2D eigenvalue weighted by Crippen LogP contribution is 2.31. The number of carbonyl (C=O) groups is 1. The van der Waals surface area contributed by atoms with E-state index in [1.165, 1.54) is 0 Å². The molecule has 2 rings (SSSR count). The van der Waals surface area contributed by atoms with E-state index in [-0.39, 0.29) is 18.1 Å². The summed E-state index contributed by atoms with van der Waals surface area (Å²) in [5.74, 6) is -0.130. The molecule has 1 amide bonds. The van der Waals surface area contributed by atoms with Crippen LogP contribution in [0.2, 0.25) is 0 Å². The van der Waals surface area contributed by atoms with Crippen LogP contribution < -0.4 is 5.32 Å². The number of rotatable bonds is 3. The van der Waals surface area contributed by atoms with E-state index >= 15 is 0 Å². The summed E-state index contributed by atoms with van der Waals surface area (Å²) >= 11 is 0. The third kappa shape index (κ3) is 2.65. The highest BCUT2D eigenvalue weighted by Gasteiger charge is 2.41. The predicted molar refractivity (Wildman–Crippen MR) is 64.7 cm³/mol. The Bertz CT molecular complexity index is 345. The molecule has 0 spiro atoms. The maximum absolute atomic E-state index is 12.3. The van der Waals surface area contributed by atoms with Crippen LogP contribution in [0, 0.1) is 16.7 Å². The molecule has 2 atom stereocenters. The van der Waals surface area contributed by atoms with Crippen LogP contribution in [0.4, 0.5) is 0 Å². The highest BCUT2D eigenvalue weighted by atomic mass is 16.5. The molecule has 1 aliphatic carbocycles. The van der Waals surface area contributed by atoms with Gasteiger partial charge in [-0.25, -0.2) is 0 Å². The average Bonchev–Trinajstić information content (AvgIpc) is 2.87. The van der Waals surface area contributed by atoms with Crippen molar-refractivity contribution in [3.05, 3.63) is 0 Å². The van der Waals surface area contributed by atoms with Gasteiger partial charge in [0.1, 0.15) is 5.41 Å². The summed E-state index contributed by atoms with van der Waals surface area (Å²) in [5.41, 5.74) is -0.886. The summed E-state index contributed by atoms with van der Waals surface area (Å²) in [7, 11) is 1.70. The molecule has 0 aromatic rings. The highest BCUT2D eigenvalue weighted by molar-refractivity contribution is 5.85. The number of nitriles is 1. The molecule has 5 nitrogen and oxygen atoms in total. The maximum atomic E-state index is 12.3. The van der Waals surface area contributed by atoms with Crippen LogP contribution in [0.15, 0.2) is 0 Å². The van der Waals surface area contributed by atoms with Gasteiger partial charge in [-0.1, -0.05) is 0 Å². The van der Waals surface area contributed by atoms with E-state index in [2.05, 4.69) is 11.4 Å². The number of carbonyl (C=O) groups excluding carboxylic acids is 1. The second-order valence-electron chi connectivity index (χ2n) is 5.15. The molecular weight excluding hydrogens is 232 g/mol. The normalized spacial score (nSPS) is 30.7. The SMILES string of the molecule is COC1CCC(NC(=O)C2(C#N)CCOCC2)C1. The van der Waals surface area contributed by atoms with E-state index in [1.807, 2.05) is 0 Å². The van der Waals surface area contributed by atoms with Crippen molar-refractivity contribution in [3.63, 3.8) is 0 Å². The summed E-state index contributed by atoms with van der Waals surface area (Å²) in [6, 6.07) is 2.34. The van der Waals surface area contributed by atoms with Crippen LogP contribution in [-0.2, 0) is 14.3 Å². The summed E-state index contributed by atoms with van der Waals surface area (Å²) in [6.45, 7) is 0.985. The van der Waals surface area contributed by atoms with Crippen molar-refractivity contribution in [2.45, 2.75) is 44.2 Å². The number of nitrogens with zero attached hydrogens (tertiary/aromatic N) is 1. The van der Waals surface area contributed by atoms with Gasteiger partial charge in [-0.3, -0.25) is 4.79 Å². The lowest BCUT2D eigenvalue weighted by Gasteiger charge is -2.30. The molecule has 0 bridgehead atoms. The Labute approximate surface area is 107 Å². The molecule has 1 N–H and O–H groups in total. The van der Waals surface area contributed by atoms with Crippen molar-refractivity contribution in [2.24, 2.45) is 5.41 Å². The molecule has 18 heavy (non-hydrogen) atoms. The first-order valence-corrected chi connectivity index (χ1v) is 6.53. The molecule has 2 unspecified atom stereocenters. The summed E-state index contributed by atoms with van der Waals surface area (Å²) in [5, 5.41) is 12.3. The molecule has 1 saturated heterocycles. The third-order valence-electron chi connectivity index (χ3n) is 4.05. The molecule has 1 saturated carbocycles. The Morgan fingerprint density at radius 3 is 2.72 bits per heavy atom. The fourth-order valence-electron chi connectivity index (χ4n) is 2.72. The Morgan fingerprint density at radius 1 is 1.44 bits per heavy atom. The Morgan fingerprint density at radius 2 is 2.17 bits per heavy atom. The topological polar surface area (TPSA) is 71.3 Å². The summed E-state index contributed by atoms with van der Waals surface area (Å²) < 4.78 is 10.5. The lowest BCUT2D eigenvalue weighted by Crippen LogP contribution is -2.47. The van der Waals surface area contributed by atoms with E-state index in [1.54, 1.807) is 7.11 Å². The van der Waals surface area contributed by atoms with Crippen molar-refractivity contribution < 1.29 is 14.3 Å². The molecule has 5 heteroatoms. The van der Waals surface area contributed by atoms with Gasteiger partial charge < -0.3 is 14.8 Å². The van der Waals surface area contributed by atoms with Crippen LogP contribution in [0.3, 0.4) is 0 Å². The zero-order valence-electron chi connectivity index (χ0n) is 10.8. The van der Waals surface area contributed by atoms with Gasteiger partial charge in [-0.05, 0) is 32.1 Å². The van der Waals surface area contributed by atoms with E-state index in [4.69, 9.17) is 9.47 Å². The molecule has 0 aromatic heterocycles. The Hall–Kier alpha value is -1.12. The van der Waals surface area contributed by atoms with Gasteiger partial charge in [0.25, 0.3) is 0 Å². The molecule has 1 aliphatic heterocycles. The fourth-order valence-corrected chi connectivity index (χ4v) is 2.72. The second-order valence-corrected chi connectivity index (χ2v) is 5.15. The van der Waals surface area contributed by atoms with Gasteiger partial charge in [-0.2, -0.15) is 5.26 Å². The molecule has 0 aromatic carbocycles. The van der Waals surface area contributed by atoms with Crippen molar-refractivity contribution in [2.75, 3.05) is 20.3 Å². The third-order valence-corrected chi connectivity index (χ3v) is 4.05. The number of amides is 1. The van der Waals surface area contributed by atoms with Crippen LogP contribution >= 0.6 is 0 Å². The molecule has 100 valence electrons. The molecular formula is C13H20N2O3. The van der Waals surface area contributed by atoms with Gasteiger partial charge in [0.15, 0.2) is 0 Å². The van der Waals surface area contributed by atoms with Crippen LogP contribution in [0.25, 0.3) is 0 Å². The van der Waals surface area contributed by atoms with Crippen molar-refractivity contribution >= 4 is 5.91 Å². The van der Waals surface area contributed by atoms with Crippen molar-refractivity contribution in [1.82, 2.24) is 5.32 Å². The van der Waals surface area contributed by atoms with E-state index in [0.717, 1.165) is 19.3 Å². The Kier molecular flexibility index (Phi) is 4.20. The molecule has 0 radical (unpaired) electrons. The zero-order valence-corrected chi connectivity index (χ0v) is 10.8. The van der Waals surface area contributed by atoms with Gasteiger partial charge in [0.2, 0.25) is 5.91 Å². The minimum absolute atomic E-state index is 0.130. The van der Waals surface area contributed by atoms with Gasteiger partial charge in [-0.15, -0.1) is 0 Å². The van der Waals surface area contributed by atoms with Gasteiger partial charge in [0.05, 0.1) is 12.2 Å². The maximum Gasteiger partial charge on any atom is 0.240 e. The minimum atomic E-state index is -0.886. The number of methoxy groups -OCH3 is 1. The Balaban J connectivity index is 1.92. The molecule has 1 heterocycles. The van der Waals surface area contributed by atoms with Gasteiger partial charge in [0, 0.05) is 26.4 Å². The lowest BCUT2D eigenvalue weighted by atomic mass is 9.80. The van der Waals surface area contributed by atoms with Crippen molar-refractivity contribution in [1.29, 1.82) is 5.26 Å². The zero-order chi connectivity index (χ0) is 13.0. The smallest absolute Gasteiger partial charge is 0.240 e. The summed E-state index contributed by atoms with van der Waals surface area (Å²) in [4.78, 5) is 12.3. The number of nitrogens with one attached hydrogen (secondary N) is 1. The predicted octanol–water partition coefficient (Wildman–Crippen LogP) is 0.990. The van der Waals surface area contributed by atoms with Crippen molar-refractivity contribution in [3.8, 4) is 6.07 Å². The largest absolute Gasteiger partial charge is 0.381 e. The molecule has 2 fully saturated rings. The average molecular weight is 252 g/mol. The quantitative estimate of drug-likeness (QED) is 0.813. The second kappa shape index (κ2) is 5.68. The number of hydrogen-bond acceptors (Lipinski definition) is 4. The van der Waals surface area contributed by atoms with E-state index in [0.29, 0.717) is 26.1 Å². The first-order chi connectivity index (χ1) is 8.70. The first kappa shape index (κ1) is 13.3. The summed E-state index contributed by atoms with van der Waals surface area (Å²) in [6.07, 6.45) is 3.99. The molecule has 2 aliphatic rings. The lowest BCUT2D eigenvalue weighted by molar-refractivity contribution is -0.133. The van der Waals surface area contributed by atoms with Crippen LogP contribution in [-0.4, -0.2) is 38.4 Å². The monoisotopic (exact) mass is 252 g/mol. The van der Waals surface area contributed by atoms with E-state index < -0.39 is 5.41 Å². The standard InChI is InChI=1S/C13H20N2O3/c1-17-11-3-2-10(8-11)15-12(16)13(9-14)4-6-18-7-5-13/h10-11H,2-8H2,1H3,(H,15,16). The van der Waals surface area contributed by atoms with E-state index in [9.17, 15) is 10.1 Å². The number of ether oxygens (including phenoxy) is 2. The van der Waals surface area contributed by atoms with Gasteiger partial charge >= 0.3 is 0 Å². The van der Waals surface area contributed by atoms with Crippen LogP contribution in [0.1, 0.15) is 32.1 Å². The first-order valence-electron chi connectivity index (χ1n) is 6.53. The van der Waals surface area contributed by atoms with Crippen LogP contribution in [0.5, 0.6) is 0 Å². The minimum Gasteiger partial charge on any atom is -0.381 e. The number of hydrogen-bond donors (Lipinski definition) is 1. The fraction of sp³-hybridized carbons (Fsp3) is 0.846.